The third-order valence-electron chi connectivity index (χ3n) is 2.33. The predicted octanol–water partition coefficient (Wildman–Crippen LogP) is 2.75. The van der Waals surface area contributed by atoms with Crippen LogP contribution in [0, 0.1) is 11.7 Å². The van der Waals surface area contributed by atoms with Crippen LogP contribution in [0.4, 0.5) is 4.39 Å². The van der Waals surface area contributed by atoms with Crippen molar-refractivity contribution in [3.8, 4) is 5.75 Å². The van der Waals surface area contributed by atoms with E-state index in [0.29, 0.717) is 31.2 Å². The Bertz CT molecular complexity index is 326. The van der Waals surface area contributed by atoms with Gasteiger partial charge in [-0.2, -0.15) is 0 Å². The Morgan fingerprint density at radius 3 is 2.69 bits per heavy atom. The molecule has 0 radical (unpaired) electrons. The summed E-state index contributed by atoms with van der Waals surface area (Å²) >= 11 is 0. The Hall–Kier alpha value is -1.09. The molecule has 90 valence electrons. The molecule has 0 fully saturated rings. The third-order valence-corrected chi connectivity index (χ3v) is 2.33. The fraction of sp³-hybridized carbons (Fsp3) is 0.538. The number of nitrogens with two attached hydrogens (primary N) is 1. The van der Waals surface area contributed by atoms with Crippen LogP contribution < -0.4 is 10.5 Å². The first-order valence-electron chi connectivity index (χ1n) is 5.74. The molecule has 2 nitrogen and oxygen atoms in total. The van der Waals surface area contributed by atoms with Crippen molar-refractivity contribution in [3.05, 3.63) is 29.6 Å². The maximum Gasteiger partial charge on any atom is 0.127 e. The smallest absolute Gasteiger partial charge is 0.127 e. The summed E-state index contributed by atoms with van der Waals surface area (Å²) < 4.78 is 18.7. The van der Waals surface area contributed by atoms with Gasteiger partial charge in [-0.3, -0.25) is 0 Å². The number of ether oxygens (including phenoxy) is 1. The van der Waals surface area contributed by atoms with Crippen LogP contribution in [0.15, 0.2) is 18.2 Å². The van der Waals surface area contributed by atoms with Crippen LogP contribution >= 0.6 is 0 Å². The van der Waals surface area contributed by atoms with Gasteiger partial charge in [0.2, 0.25) is 0 Å². The van der Waals surface area contributed by atoms with Crippen molar-refractivity contribution in [3.63, 3.8) is 0 Å². The van der Waals surface area contributed by atoms with Gasteiger partial charge in [-0.15, -0.1) is 0 Å². The Morgan fingerprint density at radius 2 is 2.06 bits per heavy atom. The van der Waals surface area contributed by atoms with Gasteiger partial charge in [0.15, 0.2) is 0 Å². The quantitative estimate of drug-likeness (QED) is 0.808. The summed E-state index contributed by atoms with van der Waals surface area (Å²) in [5.41, 5.74) is 6.33. The van der Waals surface area contributed by atoms with Gasteiger partial charge < -0.3 is 10.5 Å². The number of rotatable bonds is 6. The van der Waals surface area contributed by atoms with E-state index in [1.54, 1.807) is 0 Å². The molecule has 1 aromatic rings. The average molecular weight is 225 g/mol. The normalized spacial score (nSPS) is 10.8. The summed E-state index contributed by atoms with van der Waals surface area (Å²) in [7, 11) is 0. The highest BCUT2D eigenvalue weighted by Crippen LogP contribution is 2.17. The van der Waals surface area contributed by atoms with Crippen LogP contribution in [0.3, 0.4) is 0 Å². The highest BCUT2D eigenvalue weighted by Gasteiger charge is 2.02. The molecule has 2 N–H and O–H groups in total. The topological polar surface area (TPSA) is 35.2 Å². The lowest BCUT2D eigenvalue weighted by atomic mass is 10.1. The Morgan fingerprint density at radius 1 is 1.31 bits per heavy atom. The van der Waals surface area contributed by atoms with Crippen LogP contribution in [0.1, 0.15) is 25.8 Å². The van der Waals surface area contributed by atoms with E-state index in [1.807, 2.05) is 6.07 Å². The zero-order chi connectivity index (χ0) is 12.0. The number of benzene rings is 1. The third kappa shape index (κ3) is 4.62. The summed E-state index contributed by atoms with van der Waals surface area (Å²) in [4.78, 5) is 0. The second-order valence-electron chi connectivity index (χ2n) is 4.36. The summed E-state index contributed by atoms with van der Waals surface area (Å²) in [6, 6.07) is 4.78. The lowest BCUT2D eigenvalue weighted by Gasteiger charge is -2.09. The van der Waals surface area contributed by atoms with Crippen molar-refractivity contribution >= 4 is 0 Å². The van der Waals surface area contributed by atoms with Crippen molar-refractivity contribution < 1.29 is 9.13 Å². The molecule has 0 spiro atoms. The minimum Gasteiger partial charge on any atom is -0.493 e. The van der Waals surface area contributed by atoms with E-state index in [0.717, 1.165) is 12.0 Å². The second-order valence-corrected chi connectivity index (χ2v) is 4.36. The SMILES string of the molecule is CC(C)CCOc1cc(F)cc(CCN)c1. The first kappa shape index (κ1) is 13.0. The summed E-state index contributed by atoms with van der Waals surface area (Å²) in [5, 5.41) is 0. The molecule has 0 heterocycles. The van der Waals surface area contributed by atoms with E-state index >= 15 is 0 Å². The number of hydrogen-bond acceptors (Lipinski definition) is 2. The lowest BCUT2D eigenvalue weighted by Crippen LogP contribution is -2.05. The molecule has 1 rings (SSSR count). The minimum absolute atomic E-state index is 0.259. The molecule has 0 aliphatic carbocycles. The van der Waals surface area contributed by atoms with E-state index in [4.69, 9.17) is 10.5 Å². The zero-order valence-corrected chi connectivity index (χ0v) is 10.0. The Kier molecular flexibility index (Phi) is 5.26. The largest absolute Gasteiger partial charge is 0.493 e. The molecule has 1 aromatic carbocycles. The fourth-order valence-electron chi connectivity index (χ4n) is 1.43. The van der Waals surface area contributed by atoms with Crippen molar-refractivity contribution in [1.82, 2.24) is 0 Å². The molecule has 3 heteroatoms. The maximum absolute atomic E-state index is 13.2. The summed E-state index contributed by atoms with van der Waals surface area (Å²) in [6.07, 6.45) is 1.65. The van der Waals surface area contributed by atoms with Gasteiger partial charge in [-0.1, -0.05) is 13.8 Å². The van der Waals surface area contributed by atoms with Crippen molar-refractivity contribution in [2.45, 2.75) is 26.7 Å². The van der Waals surface area contributed by atoms with Crippen molar-refractivity contribution in [2.75, 3.05) is 13.2 Å². The van der Waals surface area contributed by atoms with E-state index in [-0.39, 0.29) is 5.82 Å². The highest BCUT2D eigenvalue weighted by atomic mass is 19.1. The van der Waals surface area contributed by atoms with Crippen LogP contribution in [0.25, 0.3) is 0 Å². The van der Waals surface area contributed by atoms with E-state index in [2.05, 4.69) is 13.8 Å². The molecule has 0 atom stereocenters. The standard InChI is InChI=1S/C13H20FNO/c1-10(2)4-6-16-13-8-11(3-5-15)7-12(14)9-13/h7-10H,3-6,15H2,1-2H3. The Labute approximate surface area is 96.6 Å². The van der Waals surface area contributed by atoms with Crippen molar-refractivity contribution in [1.29, 1.82) is 0 Å². The molecule has 16 heavy (non-hydrogen) atoms. The predicted molar refractivity (Wildman–Crippen MR) is 64.1 cm³/mol. The van der Waals surface area contributed by atoms with E-state index < -0.39 is 0 Å². The second kappa shape index (κ2) is 6.48. The first-order valence-corrected chi connectivity index (χ1v) is 5.74. The van der Waals surface area contributed by atoms with Gasteiger partial charge in [-0.25, -0.2) is 4.39 Å². The Balaban J connectivity index is 2.58. The summed E-state index contributed by atoms with van der Waals surface area (Å²) in [5.74, 6) is 0.937. The van der Waals surface area contributed by atoms with E-state index in [1.165, 1.54) is 12.1 Å². The molecule has 0 aromatic heterocycles. The van der Waals surface area contributed by atoms with Crippen LogP contribution in [0.5, 0.6) is 5.75 Å². The van der Waals surface area contributed by atoms with Gasteiger partial charge in [0.25, 0.3) is 0 Å². The molecular weight excluding hydrogens is 205 g/mol. The number of hydrogen-bond donors (Lipinski definition) is 1. The molecule has 0 aliphatic heterocycles. The van der Waals surface area contributed by atoms with Gasteiger partial charge in [0, 0.05) is 6.07 Å². The van der Waals surface area contributed by atoms with Gasteiger partial charge in [0.1, 0.15) is 11.6 Å². The molecular formula is C13H20FNO. The molecule has 0 aliphatic rings. The van der Waals surface area contributed by atoms with E-state index in [9.17, 15) is 4.39 Å². The molecule has 0 bridgehead atoms. The number of halogens is 1. The van der Waals surface area contributed by atoms with Crippen LogP contribution in [0.2, 0.25) is 0 Å². The first-order chi connectivity index (χ1) is 7.61. The molecule has 0 amide bonds. The van der Waals surface area contributed by atoms with Crippen LogP contribution in [-0.4, -0.2) is 13.2 Å². The molecule has 0 saturated heterocycles. The van der Waals surface area contributed by atoms with Gasteiger partial charge >= 0.3 is 0 Å². The molecule has 0 saturated carbocycles. The maximum atomic E-state index is 13.2. The van der Waals surface area contributed by atoms with Crippen LogP contribution in [-0.2, 0) is 6.42 Å². The zero-order valence-electron chi connectivity index (χ0n) is 10.0. The monoisotopic (exact) mass is 225 g/mol. The van der Waals surface area contributed by atoms with Crippen molar-refractivity contribution in [2.24, 2.45) is 11.7 Å². The molecule has 0 unspecified atom stereocenters. The highest BCUT2D eigenvalue weighted by molar-refractivity contribution is 5.29. The van der Waals surface area contributed by atoms with Gasteiger partial charge in [-0.05, 0) is 43.0 Å². The lowest BCUT2D eigenvalue weighted by molar-refractivity contribution is 0.288. The minimum atomic E-state index is -0.259. The fourth-order valence-corrected chi connectivity index (χ4v) is 1.43. The summed E-state index contributed by atoms with van der Waals surface area (Å²) in [6.45, 7) is 5.42. The average Bonchev–Trinajstić information content (AvgIpc) is 2.16. The van der Waals surface area contributed by atoms with Gasteiger partial charge in [0.05, 0.1) is 6.61 Å².